The van der Waals surface area contributed by atoms with Gasteiger partial charge in [-0.05, 0) is 54.9 Å². The van der Waals surface area contributed by atoms with Crippen molar-refractivity contribution in [3.63, 3.8) is 0 Å². The van der Waals surface area contributed by atoms with Gasteiger partial charge in [0, 0.05) is 16.6 Å². The molecule has 2 aromatic rings. The molecule has 0 aromatic heterocycles. The van der Waals surface area contributed by atoms with E-state index in [4.69, 9.17) is 15.6 Å². The summed E-state index contributed by atoms with van der Waals surface area (Å²) in [5.74, 6) is -2.75. The Kier molecular flexibility index (Phi) is 16.8. The van der Waals surface area contributed by atoms with Crippen LogP contribution in [0.5, 0.6) is 11.5 Å². The third-order valence-corrected chi connectivity index (χ3v) is 5.24. The fourth-order valence-corrected chi connectivity index (χ4v) is 3.26. The van der Waals surface area contributed by atoms with Gasteiger partial charge in [-0.15, -0.1) is 12.6 Å². The first-order valence-electron chi connectivity index (χ1n) is 11.5. The van der Waals surface area contributed by atoms with Crippen molar-refractivity contribution in [3.8, 4) is 11.5 Å². The van der Waals surface area contributed by atoms with Crippen LogP contribution in [0, 0.1) is 10.8 Å². The Balaban J connectivity index is 0. The molecule has 0 saturated heterocycles. The van der Waals surface area contributed by atoms with Crippen molar-refractivity contribution in [1.29, 1.82) is 10.8 Å². The third kappa shape index (κ3) is 11.5. The first kappa shape index (κ1) is 37.8. The van der Waals surface area contributed by atoms with Gasteiger partial charge in [-0.3, -0.25) is 20.5 Å². The molecule has 14 heteroatoms. The Hall–Kier alpha value is -3.33. The number of carbonyl (C=O) groups excluding carboxylic acids is 1. The summed E-state index contributed by atoms with van der Waals surface area (Å²) in [7, 11) is 1.43. The first-order valence-corrected chi connectivity index (χ1v) is 11.9. The topological polar surface area (TPSA) is 185 Å². The average Bonchev–Trinajstić information content (AvgIpc) is 2.83. The third-order valence-electron chi connectivity index (χ3n) is 4.94. The van der Waals surface area contributed by atoms with Crippen molar-refractivity contribution in [2.24, 2.45) is 0 Å². The molecule has 0 atom stereocenters. The number of hydrogen-bond donors (Lipinski definition) is 6. The summed E-state index contributed by atoms with van der Waals surface area (Å²) in [5, 5.41) is 32.1. The van der Waals surface area contributed by atoms with Gasteiger partial charge in [-0.2, -0.15) is 13.2 Å². The van der Waals surface area contributed by atoms with E-state index in [0.29, 0.717) is 16.2 Å². The highest BCUT2D eigenvalue weighted by molar-refractivity contribution is 7.80. The van der Waals surface area contributed by atoms with Crippen molar-refractivity contribution in [3.05, 3.63) is 47.5 Å². The van der Waals surface area contributed by atoms with Crippen LogP contribution < -0.4 is 20.3 Å². The van der Waals surface area contributed by atoms with Crippen LogP contribution in [0.3, 0.4) is 0 Å². The summed E-state index contributed by atoms with van der Waals surface area (Å²) in [6.07, 6.45) is -4.66. The van der Waals surface area contributed by atoms with E-state index in [9.17, 15) is 23.1 Å². The molecular formula is C25H38F3N5O5S. The van der Waals surface area contributed by atoms with Gasteiger partial charge in [0.05, 0.1) is 12.7 Å². The number of amides is 1. The summed E-state index contributed by atoms with van der Waals surface area (Å²) in [4.78, 5) is 13.7. The molecule has 0 unspecified atom stereocenters. The molecule has 0 spiro atoms. The quantitative estimate of drug-likeness (QED) is 0.167. The van der Waals surface area contributed by atoms with Crippen LogP contribution in [0.2, 0.25) is 0 Å². The first-order chi connectivity index (χ1) is 17.3. The second-order valence-corrected chi connectivity index (χ2v) is 8.59. The van der Waals surface area contributed by atoms with Crippen molar-refractivity contribution in [2.75, 3.05) is 31.6 Å². The van der Waals surface area contributed by atoms with Crippen LogP contribution in [0.25, 0.3) is 0 Å². The number of phenolic OH excluding ortho intramolecular Hbond substituents is 1. The minimum Gasteiger partial charge on any atom is -0.507 e. The number of halogens is 3. The minimum absolute atomic E-state index is 0. The molecule has 0 bridgehead atoms. The molecule has 0 fully saturated rings. The number of methoxy groups -OCH3 is 1. The van der Waals surface area contributed by atoms with Gasteiger partial charge in [-0.25, -0.2) is 0 Å². The SMILES string of the molecule is CCNCC.COc1cc(O)c(C(=N)N(C(=N)C(=O)NCC(F)(F)F)c2ccc(S)cc2)cc1C(C)C.O.O. The predicted molar refractivity (Wildman–Crippen MR) is 150 cm³/mol. The number of hydrogen-bond acceptors (Lipinski definition) is 7. The fraction of sp³-hybridized carbons (Fsp3) is 0.400. The van der Waals surface area contributed by atoms with Gasteiger partial charge in [0.25, 0.3) is 5.91 Å². The number of aromatic hydroxyl groups is 1. The molecule has 0 aliphatic carbocycles. The lowest BCUT2D eigenvalue weighted by Gasteiger charge is -2.26. The van der Waals surface area contributed by atoms with Crippen LogP contribution in [0.4, 0.5) is 18.9 Å². The molecule has 39 heavy (non-hydrogen) atoms. The lowest BCUT2D eigenvalue weighted by atomic mass is 9.98. The molecule has 9 N–H and O–H groups in total. The van der Waals surface area contributed by atoms with E-state index in [1.165, 1.54) is 43.5 Å². The number of carbonyl (C=O) groups is 1. The van der Waals surface area contributed by atoms with Crippen LogP contribution >= 0.6 is 12.6 Å². The number of nitrogens with one attached hydrogen (secondary N) is 4. The van der Waals surface area contributed by atoms with E-state index in [2.05, 4.69) is 31.8 Å². The number of ether oxygens (including phenoxy) is 1. The van der Waals surface area contributed by atoms with Gasteiger partial charge in [0.15, 0.2) is 5.84 Å². The summed E-state index contributed by atoms with van der Waals surface area (Å²) in [6.45, 7) is 8.51. The maximum atomic E-state index is 12.5. The lowest BCUT2D eigenvalue weighted by molar-refractivity contribution is -0.134. The number of rotatable bonds is 7. The van der Waals surface area contributed by atoms with Gasteiger partial charge < -0.3 is 31.4 Å². The number of alkyl halides is 3. The summed E-state index contributed by atoms with van der Waals surface area (Å²) >= 11 is 4.17. The van der Waals surface area contributed by atoms with Gasteiger partial charge in [0.2, 0.25) is 0 Å². The zero-order valence-corrected chi connectivity index (χ0v) is 23.3. The maximum absolute atomic E-state index is 12.5. The number of thiol groups is 1. The molecule has 10 nitrogen and oxygen atoms in total. The highest BCUT2D eigenvalue weighted by Gasteiger charge is 2.31. The van der Waals surface area contributed by atoms with Crippen LogP contribution in [-0.2, 0) is 4.79 Å². The number of anilines is 1. The standard InChI is InChI=1S/C21H23F3N4O3S.C4H11N.2H2O/c1-11(2)14-8-15(16(29)9-17(14)31-3)18(25)28(12-4-6-13(32)7-5-12)19(26)20(30)27-10-21(22,23)24;1-3-5-4-2;;/h4-9,11,25-26,29,32H,10H2,1-3H3,(H,27,30);5H,3-4H2,1-2H3;2*1H2. The van der Waals surface area contributed by atoms with E-state index in [1.807, 2.05) is 13.8 Å². The van der Waals surface area contributed by atoms with Gasteiger partial charge in [0.1, 0.15) is 23.9 Å². The molecule has 0 saturated carbocycles. The van der Waals surface area contributed by atoms with E-state index in [-0.39, 0.29) is 33.9 Å². The zero-order chi connectivity index (χ0) is 28.3. The van der Waals surface area contributed by atoms with E-state index >= 15 is 0 Å². The van der Waals surface area contributed by atoms with E-state index in [0.717, 1.165) is 18.0 Å². The second-order valence-electron chi connectivity index (χ2n) is 8.07. The monoisotopic (exact) mass is 577 g/mol. The summed E-state index contributed by atoms with van der Waals surface area (Å²) < 4.78 is 42.8. The summed E-state index contributed by atoms with van der Waals surface area (Å²) in [6, 6.07) is 8.77. The lowest BCUT2D eigenvalue weighted by Crippen LogP contribution is -2.48. The highest BCUT2D eigenvalue weighted by Crippen LogP contribution is 2.34. The normalized spacial score (nSPS) is 10.3. The molecule has 0 aliphatic rings. The Morgan fingerprint density at radius 1 is 1.10 bits per heavy atom. The molecule has 220 valence electrons. The van der Waals surface area contributed by atoms with E-state index < -0.39 is 30.3 Å². The Morgan fingerprint density at radius 3 is 2.05 bits per heavy atom. The molecule has 0 radical (unpaired) electrons. The van der Waals surface area contributed by atoms with Crippen molar-refractivity contribution < 1.29 is 38.8 Å². The smallest absolute Gasteiger partial charge is 0.405 e. The molecule has 2 aromatic carbocycles. The van der Waals surface area contributed by atoms with Crippen molar-refractivity contribution in [2.45, 2.75) is 44.7 Å². The number of nitrogens with zero attached hydrogens (tertiary/aromatic N) is 1. The van der Waals surface area contributed by atoms with E-state index in [1.54, 1.807) is 5.32 Å². The molecular weight excluding hydrogens is 539 g/mol. The molecule has 1 amide bonds. The predicted octanol–water partition coefficient (Wildman–Crippen LogP) is 3.27. The minimum atomic E-state index is -4.66. The number of phenols is 1. The number of benzene rings is 2. The zero-order valence-electron chi connectivity index (χ0n) is 22.5. The van der Waals surface area contributed by atoms with Crippen LogP contribution in [-0.4, -0.2) is 66.6 Å². The second kappa shape index (κ2) is 17.3. The Labute approximate surface area is 231 Å². The summed E-state index contributed by atoms with van der Waals surface area (Å²) in [5.41, 5.74) is 0.780. The van der Waals surface area contributed by atoms with Crippen molar-refractivity contribution in [1.82, 2.24) is 10.6 Å². The Bertz CT molecular complexity index is 1080. The van der Waals surface area contributed by atoms with Gasteiger partial charge >= 0.3 is 6.18 Å². The molecule has 0 heterocycles. The van der Waals surface area contributed by atoms with Crippen LogP contribution in [0.1, 0.15) is 44.7 Å². The van der Waals surface area contributed by atoms with Crippen molar-refractivity contribution >= 4 is 35.9 Å². The Morgan fingerprint density at radius 2 is 1.64 bits per heavy atom. The fourth-order valence-electron chi connectivity index (χ4n) is 3.11. The average molecular weight is 578 g/mol. The highest BCUT2D eigenvalue weighted by atomic mass is 32.1. The van der Waals surface area contributed by atoms with Gasteiger partial charge in [-0.1, -0.05) is 27.7 Å². The van der Waals surface area contributed by atoms with Crippen LogP contribution in [0.15, 0.2) is 41.3 Å². The maximum Gasteiger partial charge on any atom is 0.405 e. The largest absolute Gasteiger partial charge is 0.507 e. The molecule has 2 rings (SSSR count). The molecule has 0 aliphatic heterocycles. The number of amidine groups is 2.